The minimum atomic E-state index is -0.577. The lowest BCUT2D eigenvalue weighted by molar-refractivity contribution is -0.133. The number of carbonyl (C=O) groups is 2. The van der Waals surface area contributed by atoms with E-state index in [-0.39, 0.29) is 18.3 Å². The number of nitrogens with one attached hydrogen (secondary N) is 1. The Hall–Kier alpha value is -2.76. The van der Waals surface area contributed by atoms with Crippen molar-refractivity contribution in [3.8, 4) is 5.75 Å². The fraction of sp³-hybridized carbons (Fsp3) is 0.429. The Bertz CT molecular complexity index is 793. The molecule has 144 valence electrons. The Morgan fingerprint density at radius 1 is 1.15 bits per heavy atom. The predicted molar refractivity (Wildman–Crippen MR) is 102 cm³/mol. The third kappa shape index (κ3) is 4.90. The molecule has 0 aliphatic carbocycles. The zero-order valence-electron chi connectivity index (χ0n) is 15.9. The first-order valence-electron chi connectivity index (χ1n) is 9.41. The van der Waals surface area contributed by atoms with Crippen LogP contribution in [0.25, 0.3) is 0 Å². The number of rotatable bonds is 6. The zero-order valence-corrected chi connectivity index (χ0v) is 15.9. The molecular weight excluding hydrogens is 344 g/mol. The van der Waals surface area contributed by atoms with Crippen LogP contribution >= 0.6 is 0 Å². The highest BCUT2D eigenvalue weighted by molar-refractivity contribution is 5.95. The van der Waals surface area contributed by atoms with E-state index in [1.165, 1.54) is 0 Å². The Morgan fingerprint density at radius 3 is 2.63 bits per heavy atom. The van der Waals surface area contributed by atoms with Gasteiger partial charge in [-0.3, -0.25) is 9.59 Å². The Labute approximate surface area is 159 Å². The van der Waals surface area contributed by atoms with E-state index in [4.69, 9.17) is 9.15 Å². The number of likely N-dealkylation sites (tertiary alicyclic amines) is 1. The maximum atomic E-state index is 12.4. The third-order valence-corrected chi connectivity index (χ3v) is 4.73. The first-order valence-corrected chi connectivity index (χ1v) is 9.41. The maximum Gasteiger partial charge on any atom is 0.287 e. The number of aryl methyl sites for hydroxylation is 1. The van der Waals surface area contributed by atoms with Crippen LogP contribution in [0.15, 0.2) is 40.8 Å². The number of amides is 2. The molecule has 27 heavy (non-hydrogen) atoms. The number of furan rings is 1. The van der Waals surface area contributed by atoms with E-state index >= 15 is 0 Å². The molecule has 1 atom stereocenters. The standard InChI is InChI=1S/C21H26N2O4/c1-15-8-4-5-9-18(15)26-14-17-10-11-19(27-17)20(24)22-16(2)21(25)23-12-6-3-7-13-23/h4-5,8-11,16H,3,6-7,12-14H2,1-2H3,(H,22,24)/t16-/m0/s1. The highest BCUT2D eigenvalue weighted by atomic mass is 16.5. The van der Waals surface area contributed by atoms with Crippen molar-refractivity contribution < 1.29 is 18.7 Å². The summed E-state index contributed by atoms with van der Waals surface area (Å²) >= 11 is 0. The molecule has 0 saturated carbocycles. The van der Waals surface area contributed by atoms with Crippen molar-refractivity contribution in [2.75, 3.05) is 13.1 Å². The maximum absolute atomic E-state index is 12.4. The van der Waals surface area contributed by atoms with Crippen molar-refractivity contribution in [1.29, 1.82) is 0 Å². The van der Waals surface area contributed by atoms with Crippen LogP contribution in [0.2, 0.25) is 0 Å². The summed E-state index contributed by atoms with van der Waals surface area (Å²) in [5, 5.41) is 2.72. The summed E-state index contributed by atoms with van der Waals surface area (Å²) in [6, 6.07) is 10.5. The minimum Gasteiger partial charge on any atom is -0.485 e. The molecule has 6 heteroatoms. The second-order valence-electron chi connectivity index (χ2n) is 6.90. The van der Waals surface area contributed by atoms with Gasteiger partial charge in [0.1, 0.15) is 24.2 Å². The third-order valence-electron chi connectivity index (χ3n) is 4.73. The largest absolute Gasteiger partial charge is 0.485 e. The van der Waals surface area contributed by atoms with Crippen LogP contribution in [-0.2, 0) is 11.4 Å². The molecule has 1 aromatic carbocycles. The normalized spacial score (nSPS) is 15.3. The Kier molecular flexibility index (Phi) is 6.16. The molecule has 1 aliphatic rings. The van der Waals surface area contributed by atoms with Crippen molar-refractivity contribution in [2.45, 2.75) is 45.8 Å². The number of hydrogen-bond donors (Lipinski definition) is 1. The van der Waals surface area contributed by atoms with Crippen LogP contribution in [0.1, 0.15) is 48.1 Å². The zero-order chi connectivity index (χ0) is 19.2. The molecule has 1 fully saturated rings. The van der Waals surface area contributed by atoms with Crippen molar-refractivity contribution >= 4 is 11.8 Å². The van der Waals surface area contributed by atoms with Crippen LogP contribution in [0.4, 0.5) is 0 Å². The quantitative estimate of drug-likeness (QED) is 0.847. The van der Waals surface area contributed by atoms with Gasteiger partial charge in [0.25, 0.3) is 5.91 Å². The summed E-state index contributed by atoms with van der Waals surface area (Å²) in [5.74, 6) is 1.07. The van der Waals surface area contributed by atoms with Gasteiger partial charge in [0.15, 0.2) is 5.76 Å². The number of ether oxygens (including phenoxy) is 1. The van der Waals surface area contributed by atoms with Crippen molar-refractivity contribution in [3.05, 3.63) is 53.5 Å². The molecule has 0 unspecified atom stereocenters. The lowest BCUT2D eigenvalue weighted by Crippen LogP contribution is -2.48. The highest BCUT2D eigenvalue weighted by Crippen LogP contribution is 2.19. The molecule has 0 spiro atoms. The molecule has 0 bridgehead atoms. The summed E-state index contributed by atoms with van der Waals surface area (Å²) in [7, 11) is 0. The molecular formula is C21H26N2O4. The second-order valence-corrected chi connectivity index (χ2v) is 6.90. The molecule has 2 heterocycles. The smallest absolute Gasteiger partial charge is 0.287 e. The molecule has 1 aliphatic heterocycles. The molecule has 2 amide bonds. The number of para-hydroxylation sites is 1. The average molecular weight is 370 g/mol. The van der Waals surface area contributed by atoms with Gasteiger partial charge in [0, 0.05) is 13.1 Å². The summed E-state index contributed by atoms with van der Waals surface area (Å²) in [6.45, 7) is 5.44. The predicted octanol–water partition coefficient (Wildman–Crippen LogP) is 3.30. The van der Waals surface area contributed by atoms with Gasteiger partial charge in [-0.1, -0.05) is 18.2 Å². The first-order chi connectivity index (χ1) is 13.0. The minimum absolute atomic E-state index is 0.0438. The number of nitrogens with zero attached hydrogens (tertiary/aromatic N) is 1. The van der Waals surface area contributed by atoms with Crippen LogP contribution in [0.3, 0.4) is 0 Å². The lowest BCUT2D eigenvalue weighted by Gasteiger charge is -2.29. The van der Waals surface area contributed by atoms with Crippen molar-refractivity contribution in [1.82, 2.24) is 10.2 Å². The van der Waals surface area contributed by atoms with Crippen LogP contribution in [-0.4, -0.2) is 35.8 Å². The Balaban J connectivity index is 1.53. The molecule has 2 aromatic rings. The monoisotopic (exact) mass is 370 g/mol. The van der Waals surface area contributed by atoms with E-state index in [0.717, 1.165) is 43.7 Å². The van der Waals surface area contributed by atoms with Gasteiger partial charge in [-0.25, -0.2) is 0 Å². The Morgan fingerprint density at radius 2 is 1.89 bits per heavy atom. The van der Waals surface area contributed by atoms with Crippen molar-refractivity contribution in [2.24, 2.45) is 0 Å². The fourth-order valence-corrected chi connectivity index (χ4v) is 3.16. The van der Waals surface area contributed by atoms with Gasteiger partial charge in [-0.15, -0.1) is 0 Å². The van der Waals surface area contributed by atoms with Gasteiger partial charge in [0.2, 0.25) is 5.91 Å². The van der Waals surface area contributed by atoms with E-state index in [1.54, 1.807) is 19.1 Å². The van der Waals surface area contributed by atoms with Gasteiger partial charge in [0.05, 0.1) is 0 Å². The first kappa shape index (κ1) is 19.0. The van der Waals surface area contributed by atoms with Crippen LogP contribution < -0.4 is 10.1 Å². The topological polar surface area (TPSA) is 71.8 Å². The van der Waals surface area contributed by atoms with Crippen LogP contribution in [0.5, 0.6) is 5.75 Å². The van der Waals surface area contributed by atoms with Crippen LogP contribution in [0, 0.1) is 6.92 Å². The summed E-state index contributed by atoms with van der Waals surface area (Å²) < 4.78 is 11.3. The number of benzene rings is 1. The fourth-order valence-electron chi connectivity index (χ4n) is 3.16. The lowest BCUT2D eigenvalue weighted by atomic mass is 10.1. The van der Waals surface area contributed by atoms with Crippen molar-refractivity contribution in [3.63, 3.8) is 0 Å². The average Bonchev–Trinajstić information content (AvgIpc) is 3.16. The summed E-state index contributed by atoms with van der Waals surface area (Å²) in [4.78, 5) is 26.6. The molecule has 1 aromatic heterocycles. The van der Waals surface area contributed by atoms with Gasteiger partial charge in [-0.05, 0) is 56.9 Å². The number of carbonyl (C=O) groups excluding carboxylic acids is 2. The van der Waals surface area contributed by atoms with E-state index in [2.05, 4.69) is 5.32 Å². The summed E-state index contributed by atoms with van der Waals surface area (Å²) in [6.07, 6.45) is 3.20. The SMILES string of the molecule is Cc1ccccc1OCc1ccc(C(=O)N[C@@H](C)C(=O)N2CCCCC2)o1. The molecule has 1 N–H and O–H groups in total. The van der Waals surface area contributed by atoms with E-state index in [1.807, 2.05) is 36.1 Å². The highest BCUT2D eigenvalue weighted by Gasteiger charge is 2.24. The molecule has 3 rings (SSSR count). The van der Waals surface area contributed by atoms with E-state index < -0.39 is 11.9 Å². The second kappa shape index (κ2) is 8.75. The van der Waals surface area contributed by atoms with Gasteiger partial charge in [-0.2, -0.15) is 0 Å². The molecule has 1 saturated heterocycles. The summed E-state index contributed by atoms with van der Waals surface area (Å²) in [5.41, 5.74) is 1.03. The number of hydrogen-bond acceptors (Lipinski definition) is 4. The van der Waals surface area contributed by atoms with Gasteiger partial charge >= 0.3 is 0 Å². The molecule has 0 radical (unpaired) electrons. The number of piperidine rings is 1. The molecule has 6 nitrogen and oxygen atoms in total. The van der Waals surface area contributed by atoms with E-state index in [9.17, 15) is 9.59 Å². The van der Waals surface area contributed by atoms with E-state index in [0.29, 0.717) is 5.76 Å². The van der Waals surface area contributed by atoms with Gasteiger partial charge < -0.3 is 19.4 Å².